The summed E-state index contributed by atoms with van der Waals surface area (Å²) in [5.41, 5.74) is 5.37. The van der Waals surface area contributed by atoms with Crippen molar-refractivity contribution in [2.45, 2.75) is 13.1 Å². The predicted octanol–water partition coefficient (Wildman–Crippen LogP) is 0.170. The van der Waals surface area contributed by atoms with Crippen molar-refractivity contribution in [3.8, 4) is 0 Å². The van der Waals surface area contributed by atoms with Crippen LogP contribution in [-0.2, 0) is 0 Å². The fourth-order valence-corrected chi connectivity index (χ4v) is 0.144. The van der Waals surface area contributed by atoms with Crippen LogP contribution in [0.5, 0.6) is 0 Å². The van der Waals surface area contributed by atoms with E-state index in [-0.39, 0.29) is 6.17 Å². The first-order valence-electron chi connectivity index (χ1n) is 2.19. The van der Waals surface area contributed by atoms with Gasteiger partial charge in [0.05, 0.1) is 0 Å². The van der Waals surface area contributed by atoms with Crippen LogP contribution in [0.15, 0.2) is 6.58 Å². The molecule has 0 bridgehead atoms. The lowest BCUT2D eigenvalue weighted by molar-refractivity contribution is 0.346. The molecule has 0 fully saturated rings. The maximum atomic E-state index is 5.37. The van der Waals surface area contributed by atoms with E-state index < -0.39 is 0 Å². The maximum absolute atomic E-state index is 5.37. The van der Waals surface area contributed by atoms with Gasteiger partial charge in [-0.15, -0.1) is 0 Å². The fourth-order valence-electron chi connectivity index (χ4n) is 0.144. The van der Waals surface area contributed by atoms with Crippen LogP contribution in [0.4, 0.5) is 0 Å². The molecule has 0 aliphatic rings. The van der Waals surface area contributed by atoms with Crippen molar-refractivity contribution in [2.24, 2.45) is 5.73 Å². The van der Waals surface area contributed by atoms with Crippen LogP contribution < -0.4 is 5.73 Å². The number of rotatable bonds is 2. The summed E-state index contributed by atoms with van der Waals surface area (Å²) in [4.78, 5) is 1.71. The molecule has 42 valence electrons. The van der Waals surface area contributed by atoms with Crippen LogP contribution in [0, 0.1) is 6.20 Å². The Bertz CT molecular complexity index is 59.1. The lowest BCUT2D eigenvalue weighted by Crippen LogP contribution is -2.32. The quantitative estimate of drug-likeness (QED) is 0.304. The van der Waals surface area contributed by atoms with Crippen LogP contribution in [-0.4, -0.2) is 18.1 Å². The molecule has 0 aromatic heterocycles. The minimum absolute atomic E-state index is 0.0255. The molecule has 7 heavy (non-hydrogen) atoms. The molecule has 2 heteroatoms. The summed E-state index contributed by atoms with van der Waals surface area (Å²) in [6.07, 6.45) is 2.65. The largest absolute Gasteiger partial charge is 0.544 e. The normalized spacial score (nSPS) is 13.0. The molecule has 0 saturated heterocycles. The molecule has 1 unspecified atom stereocenters. The van der Waals surface area contributed by atoms with Crippen LogP contribution >= 0.6 is 0 Å². The van der Waals surface area contributed by atoms with E-state index in [9.17, 15) is 0 Å². The van der Waals surface area contributed by atoms with E-state index >= 15 is 0 Å². The van der Waals surface area contributed by atoms with Gasteiger partial charge < -0.3 is 16.8 Å². The number of hydrogen-bond acceptors (Lipinski definition) is 2. The van der Waals surface area contributed by atoms with Crippen LogP contribution in [0.2, 0.25) is 0 Å². The molecule has 0 radical (unpaired) electrons. The predicted molar refractivity (Wildman–Crippen MR) is 30.3 cm³/mol. The summed E-state index contributed by atoms with van der Waals surface area (Å²) in [5.74, 6) is 0. The smallest absolute Gasteiger partial charge is 0.0430 e. The van der Waals surface area contributed by atoms with Gasteiger partial charge in [0.1, 0.15) is 0 Å². The molecule has 1 atom stereocenters. The topological polar surface area (TPSA) is 29.3 Å². The molecule has 0 saturated carbocycles. The summed E-state index contributed by atoms with van der Waals surface area (Å²) in [6, 6.07) is 0. The van der Waals surface area contributed by atoms with E-state index in [1.165, 1.54) is 0 Å². The SMILES string of the molecule is C=[C-]N(C)C(C)N. The van der Waals surface area contributed by atoms with E-state index in [1.807, 2.05) is 14.0 Å². The first-order chi connectivity index (χ1) is 3.18. The molecule has 0 aliphatic carbocycles. The van der Waals surface area contributed by atoms with E-state index in [4.69, 9.17) is 5.73 Å². The zero-order valence-electron chi connectivity index (χ0n) is 4.81. The van der Waals surface area contributed by atoms with E-state index in [0.717, 1.165) is 0 Å². The minimum Gasteiger partial charge on any atom is -0.544 e. The average molecular weight is 99.2 g/mol. The highest BCUT2D eigenvalue weighted by Gasteiger charge is 1.82. The van der Waals surface area contributed by atoms with Gasteiger partial charge in [-0.05, 0) is 14.0 Å². The monoisotopic (exact) mass is 99.1 g/mol. The van der Waals surface area contributed by atoms with Crippen LogP contribution in [0.1, 0.15) is 6.92 Å². The molecule has 0 rings (SSSR count). The first-order valence-corrected chi connectivity index (χ1v) is 2.19. The van der Waals surface area contributed by atoms with Crippen molar-refractivity contribution in [1.29, 1.82) is 0 Å². The standard InChI is InChI=1S/C5H11N2/c1-4-7(3)5(2)6/h5H,1,6H2,2-3H3/q-1. The van der Waals surface area contributed by atoms with Gasteiger partial charge in [0.2, 0.25) is 0 Å². The molecular weight excluding hydrogens is 88.1 g/mol. The second-order valence-corrected chi connectivity index (χ2v) is 1.51. The molecule has 0 spiro atoms. The van der Waals surface area contributed by atoms with Gasteiger partial charge >= 0.3 is 0 Å². The Kier molecular flexibility index (Phi) is 2.45. The second-order valence-electron chi connectivity index (χ2n) is 1.51. The van der Waals surface area contributed by atoms with Crippen molar-refractivity contribution in [3.63, 3.8) is 0 Å². The lowest BCUT2D eigenvalue weighted by atomic mass is 10.5. The Hall–Kier alpha value is -0.500. The molecule has 0 aliphatic heterocycles. The Morgan fingerprint density at radius 1 is 1.86 bits per heavy atom. The molecule has 2 nitrogen and oxygen atoms in total. The highest BCUT2D eigenvalue weighted by atomic mass is 15.2. The molecule has 2 N–H and O–H groups in total. The Morgan fingerprint density at radius 2 is 2.29 bits per heavy atom. The maximum Gasteiger partial charge on any atom is 0.0430 e. The van der Waals surface area contributed by atoms with E-state index in [1.54, 1.807) is 4.90 Å². The van der Waals surface area contributed by atoms with Crippen LogP contribution in [0.3, 0.4) is 0 Å². The van der Waals surface area contributed by atoms with Crippen molar-refractivity contribution in [3.05, 3.63) is 12.8 Å². The third kappa shape index (κ3) is 2.23. The van der Waals surface area contributed by atoms with Gasteiger partial charge in [-0.25, -0.2) is 0 Å². The fraction of sp³-hybridized carbons (Fsp3) is 0.600. The lowest BCUT2D eigenvalue weighted by Gasteiger charge is -2.30. The molecule has 0 amide bonds. The summed E-state index contributed by atoms with van der Waals surface area (Å²) >= 11 is 0. The van der Waals surface area contributed by atoms with Crippen molar-refractivity contribution >= 4 is 0 Å². The molecule has 0 aromatic rings. The van der Waals surface area contributed by atoms with Gasteiger partial charge in [-0.2, -0.15) is 0 Å². The highest BCUT2D eigenvalue weighted by Crippen LogP contribution is 1.82. The van der Waals surface area contributed by atoms with Crippen molar-refractivity contribution in [1.82, 2.24) is 4.90 Å². The number of hydrogen-bond donors (Lipinski definition) is 1. The first kappa shape index (κ1) is 6.50. The summed E-state index contributed by atoms with van der Waals surface area (Å²) in [7, 11) is 1.83. The molecule has 0 aromatic carbocycles. The molecule has 0 heterocycles. The third-order valence-corrected chi connectivity index (χ3v) is 0.860. The number of nitrogens with two attached hydrogens (primary N) is 1. The van der Waals surface area contributed by atoms with Crippen molar-refractivity contribution in [2.75, 3.05) is 7.05 Å². The number of nitrogens with zero attached hydrogens (tertiary/aromatic N) is 1. The summed E-state index contributed by atoms with van der Waals surface area (Å²) in [6.45, 7) is 5.28. The third-order valence-electron chi connectivity index (χ3n) is 0.860. The Balaban J connectivity index is 3.33. The summed E-state index contributed by atoms with van der Waals surface area (Å²) in [5, 5.41) is 0. The second kappa shape index (κ2) is 2.64. The zero-order valence-corrected chi connectivity index (χ0v) is 4.81. The Labute approximate surface area is 44.6 Å². The van der Waals surface area contributed by atoms with Crippen molar-refractivity contribution < 1.29 is 0 Å². The Morgan fingerprint density at radius 3 is 2.29 bits per heavy atom. The minimum atomic E-state index is 0.0255. The van der Waals surface area contributed by atoms with Crippen LogP contribution in [0.25, 0.3) is 0 Å². The highest BCUT2D eigenvalue weighted by molar-refractivity contribution is 4.59. The van der Waals surface area contributed by atoms with Gasteiger partial charge in [0.15, 0.2) is 0 Å². The van der Waals surface area contributed by atoms with E-state index in [0.29, 0.717) is 0 Å². The van der Waals surface area contributed by atoms with Gasteiger partial charge in [0.25, 0.3) is 0 Å². The zero-order chi connectivity index (χ0) is 5.86. The molecular formula is C5H11N2-. The van der Waals surface area contributed by atoms with Gasteiger partial charge in [0, 0.05) is 6.17 Å². The van der Waals surface area contributed by atoms with Gasteiger partial charge in [-0.3, -0.25) is 6.58 Å². The average Bonchev–Trinajstić information content (AvgIpc) is 1.65. The summed E-state index contributed by atoms with van der Waals surface area (Å²) < 4.78 is 0. The van der Waals surface area contributed by atoms with Gasteiger partial charge in [-0.1, -0.05) is 0 Å². The van der Waals surface area contributed by atoms with E-state index in [2.05, 4.69) is 12.8 Å².